The number of hydrogen-bond acceptors (Lipinski definition) is 4. The van der Waals surface area contributed by atoms with Gasteiger partial charge < -0.3 is 16.2 Å². The van der Waals surface area contributed by atoms with Crippen LogP contribution >= 0.6 is 0 Å². The molecule has 1 aromatic carbocycles. The highest BCUT2D eigenvalue weighted by Crippen LogP contribution is 2.21. The van der Waals surface area contributed by atoms with Crippen molar-refractivity contribution in [3.05, 3.63) is 53.7 Å². The third-order valence-corrected chi connectivity index (χ3v) is 2.90. The lowest BCUT2D eigenvalue weighted by Crippen LogP contribution is -2.13. The number of nitrogens with zero attached hydrogens (tertiary/aromatic N) is 1. The summed E-state index contributed by atoms with van der Waals surface area (Å²) in [5.41, 5.74) is 14.0. The summed E-state index contributed by atoms with van der Waals surface area (Å²) in [6.45, 7) is 2.62. The minimum Gasteiger partial charge on any atom is -0.494 e. The zero-order valence-corrected chi connectivity index (χ0v) is 11.0. The summed E-state index contributed by atoms with van der Waals surface area (Å²) < 4.78 is 5.48. The lowest BCUT2D eigenvalue weighted by molar-refractivity contribution is 0.339. The van der Waals surface area contributed by atoms with Gasteiger partial charge in [0, 0.05) is 12.2 Å². The number of aromatic nitrogens is 1. The number of nitrogen functional groups attached to an aromatic ring is 1. The first-order chi connectivity index (χ1) is 9.19. The van der Waals surface area contributed by atoms with Crippen LogP contribution < -0.4 is 16.2 Å². The Hall–Kier alpha value is -2.07. The van der Waals surface area contributed by atoms with E-state index in [2.05, 4.69) is 4.98 Å². The van der Waals surface area contributed by atoms with Gasteiger partial charge in [0.05, 0.1) is 6.61 Å². The third kappa shape index (κ3) is 3.69. The molecule has 19 heavy (non-hydrogen) atoms. The van der Waals surface area contributed by atoms with Gasteiger partial charge in [0.2, 0.25) is 0 Å². The molecule has 0 aliphatic carbocycles. The van der Waals surface area contributed by atoms with Crippen molar-refractivity contribution < 1.29 is 4.74 Å². The summed E-state index contributed by atoms with van der Waals surface area (Å²) in [4.78, 5) is 3.98. The van der Waals surface area contributed by atoms with Crippen molar-refractivity contribution in [1.82, 2.24) is 4.98 Å². The monoisotopic (exact) mass is 257 g/mol. The average Bonchev–Trinajstić information content (AvgIpc) is 2.39. The smallest absolute Gasteiger partial charge is 0.123 e. The molecule has 2 aromatic rings. The van der Waals surface area contributed by atoms with Crippen LogP contribution in [0.1, 0.15) is 24.1 Å². The van der Waals surface area contributed by atoms with Gasteiger partial charge >= 0.3 is 0 Å². The van der Waals surface area contributed by atoms with Gasteiger partial charge in [-0.15, -0.1) is 0 Å². The Balaban J connectivity index is 2.11. The van der Waals surface area contributed by atoms with E-state index in [9.17, 15) is 0 Å². The summed E-state index contributed by atoms with van der Waals surface area (Å²) in [6.07, 6.45) is 2.43. The molecular weight excluding hydrogens is 238 g/mol. The maximum Gasteiger partial charge on any atom is 0.123 e. The minimum absolute atomic E-state index is 0.0813. The molecule has 0 aliphatic rings. The van der Waals surface area contributed by atoms with E-state index in [4.69, 9.17) is 16.2 Å². The second kappa shape index (κ2) is 6.20. The molecule has 0 bridgehead atoms. The van der Waals surface area contributed by atoms with Crippen LogP contribution in [0.3, 0.4) is 0 Å². The molecule has 4 heteroatoms. The number of benzene rings is 1. The van der Waals surface area contributed by atoms with Gasteiger partial charge in [0.25, 0.3) is 0 Å². The second-order valence-corrected chi connectivity index (χ2v) is 4.41. The molecule has 1 atom stereocenters. The van der Waals surface area contributed by atoms with E-state index >= 15 is 0 Å². The van der Waals surface area contributed by atoms with Crippen molar-refractivity contribution in [2.45, 2.75) is 19.4 Å². The van der Waals surface area contributed by atoms with E-state index in [1.165, 1.54) is 0 Å². The van der Waals surface area contributed by atoms with E-state index in [0.717, 1.165) is 23.3 Å². The molecular formula is C15H19N3O. The summed E-state index contributed by atoms with van der Waals surface area (Å²) in [5, 5.41) is 0. The highest BCUT2D eigenvalue weighted by Gasteiger charge is 2.08. The molecule has 4 N–H and O–H groups in total. The topological polar surface area (TPSA) is 74.2 Å². The van der Waals surface area contributed by atoms with Gasteiger partial charge in [-0.1, -0.05) is 12.1 Å². The van der Waals surface area contributed by atoms with Crippen molar-refractivity contribution in [2.24, 2.45) is 5.73 Å². The fourth-order valence-electron chi connectivity index (χ4n) is 1.99. The van der Waals surface area contributed by atoms with Crippen molar-refractivity contribution in [2.75, 3.05) is 12.3 Å². The van der Waals surface area contributed by atoms with Crippen LogP contribution in [0.4, 0.5) is 5.82 Å². The molecule has 1 aromatic heterocycles. The predicted molar refractivity (Wildman–Crippen MR) is 76.9 cm³/mol. The van der Waals surface area contributed by atoms with Crippen molar-refractivity contribution in [1.29, 1.82) is 0 Å². The zero-order chi connectivity index (χ0) is 13.7. The summed E-state index contributed by atoms with van der Waals surface area (Å²) in [6, 6.07) is 11.6. The van der Waals surface area contributed by atoms with Gasteiger partial charge in [0.1, 0.15) is 11.6 Å². The highest BCUT2D eigenvalue weighted by molar-refractivity contribution is 5.35. The van der Waals surface area contributed by atoms with E-state index in [0.29, 0.717) is 12.4 Å². The molecule has 0 spiro atoms. The van der Waals surface area contributed by atoms with E-state index in [1.54, 1.807) is 6.20 Å². The van der Waals surface area contributed by atoms with Crippen LogP contribution in [0.2, 0.25) is 0 Å². The van der Waals surface area contributed by atoms with Gasteiger partial charge in [-0.3, -0.25) is 0 Å². The highest BCUT2D eigenvalue weighted by atomic mass is 16.5. The maximum atomic E-state index is 6.23. The second-order valence-electron chi connectivity index (χ2n) is 4.41. The number of rotatable bonds is 5. The Morgan fingerprint density at radius 2 is 2.11 bits per heavy atom. The first kappa shape index (κ1) is 13.4. The average molecular weight is 257 g/mol. The first-order valence-electron chi connectivity index (χ1n) is 6.37. The van der Waals surface area contributed by atoms with Crippen molar-refractivity contribution >= 4 is 5.82 Å². The zero-order valence-electron chi connectivity index (χ0n) is 11.0. The van der Waals surface area contributed by atoms with Gasteiger partial charge in [-0.2, -0.15) is 0 Å². The Kier molecular flexibility index (Phi) is 4.36. The van der Waals surface area contributed by atoms with Crippen LogP contribution in [0.15, 0.2) is 42.6 Å². The summed E-state index contributed by atoms with van der Waals surface area (Å²) in [5.74, 6) is 1.37. The lowest BCUT2D eigenvalue weighted by Gasteiger charge is -2.13. The molecule has 0 aliphatic heterocycles. The van der Waals surface area contributed by atoms with Gasteiger partial charge in [0.15, 0.2) is 0 Å². The number of ether oxygens (including phenoxy) is 1. The van der Waals surface area contributed by atoms with E-state index in [-0.39, 0.29) is 6.04 Å². The molecule has 1 heterocycles. The molecule has 0 saturated carbocycles. The quantitative estimate of drug-likeness (QED) is 0.862. The van der Waals surface area contributed by atoms with Gasteiger partial charge in [-0.25, -0.2) is 4.98 Å². The molecule has 4 nitrogen and oxygen atoms in total. The van der Waals surface area contributed by atoms with Crippen molar-refractivity contribution in [3.8, 4) is 5.75 Å². The van der Waals surface area contributed by atoms with Crippen LogP contribution in [0, 0.1) is 0 Å². The SMILES string of the molecule is CCOc1cccc(C(N)Cc2ccnc(N)c2)c1. The molecule has 1 unspecified atom stereocenters. The van der Waals surface area contributed by atoms with E-state index in [1.807, 2.05) is 43.3 Å². The minimum atomic E-state index is -0.0813. The fraction of sp³-hybridized carbons (Fsp3) is 0.267. The molecule has 100 valence electrons. The summed E-state index contributed by atoms with van der Waals surface area (Å²) in [7, 11) is 0. The third-order valence-electron chi connectivity index (χ3n) is 2.90. The fourth-order valence-corrected chi connectivity index (χ4v) is 1.99. The number of pyridine rings is 1. The Bertz CT molecular complexity index is 542. The van der Waals surface area contributed by atoms with Crippen LogP contribution in [-0.2, 0) is 6.42 Å². The standard InChI is InChI=1S/C15H19N3O/c1-2-19-13-5-3-4-12(10-13)14(16)8-11-6-7-18-15(17)9-11/h3-7,9-10,14H,2,8,16H2,1H3,(H2,17,18). The molecule has 0 radical (unpaired) electrons. The largest absolute Gasteiger partial charge is 0.494 e. The number of hydrogen-bond donors (Lipinski definition) is 2. The number of nitrogens with two attached hydrogens (primary N) is 2. The Labute approximate surface area is 113 Å². The molecule has 2 rings (SSSR count). The molecule has 0 saturated heterocycles. The van der Waals surface area contributed by atoms with Crippen LogP contribution in [0.25, 0.3) is 0 Å². The van der Waals surface area contributed by atoms with Crippen LogP contribution in [0.5, 0.6) is 5.75 Å². The predicted octanol–water partition coefficient (Wildman–Crippen LogP) is 2.31. The van der Waals surface area contributed by atoms with E-state index < -0.39 is 0 Å². The van der Waals surface area contributed by atoms with Gasteiger partial charge in [-0.05, 0) is 48.7 Å². The lowest BCUT2D eigenvalue weighted by atomic mass is 10.00. The molecule has 0 amide bonds. The Morgan fingerprint density at radius 1 is 1.26 bits per heavy atom. The number of anilines is 1. The Morgan fingerprint density at radius 3 is 2.84 bits per heavy atom. The maximum absolute atomic E-state index is 6.23. The van der Waals surface area contributed by atoms with Crippen LogP contribution in [-0.4, -0.2) is 11.6 Å². The first-order valence-corrected chi connectivity index (χ1v) is 6.37. The molecule has 0 fully saturated rings. The summed E-state index contributed by atoms with van der Waals surface area (Å²) >= 11 is 0. The van der Waals surface area contributed by atoms with Crippen molar-refractivity contribution in [3.63, 3.8) is 0 Å². The normalized spacial score (nSPS) is 12.1.